The fraction of sp³-hybridized carbons (Fsp3) is 0.571. The molecule has 0 aliphatic carbocycles. The maximum absolute atomic E-state index is 13.6. The quantitative estimate of drug-likeness (QED) is 0.788. The third kappa shape index (κ3) is 4.24. The third-order valence-corrected chi connectivity index (χ3v) is 5.35. The highest BCUT2D eigenvalue weighted by molar-refractivity contribution is 7.92. The van der Waals surface area contributed by atoms with Gasteiger partial charge in [0.2, 0.25) is 0 Å². The van der Waals surface area contributed by atoms with Gasteiger partial charge < -0.3 is 5.32 Å². The SMILES string of the molecule is CCCNC(C)CC(C)S(=O)(=O)c1ccc(F)cc1F. The minimum Gasteiger partial charge on any atom is -0.314 e. The van der Waals surface area contributed by atoms with Crippen molar-refractivity contribution in [2.75, 3.05) is 6.54 Å². The molecule has 0 bridgehead atoms. The van der Waals surface area contributed by atoms with E-state index in [9.17, 15) is 17.2 Å². The Morgan fingerprint density at radius 3 is 2.45 bits per heavy atom. The van der Waals surface area contributed by atoms with Crippen LogP contribution in [0.15, 0.2) is 23.1 Å². The van der Waals surface area contributed by atoms with Gasteiger partial charge in [-0.25, -0.2) is 17.2 Å². The van der Waals surface area contributed by atoms with Crippen LogP contribution < -0.4 is 5.32 Å². The molecule has 0 heterocycles. The number of hydrogen-bond donors (Lipinski definition) is 1. The largest absolute Gasteiger partial charge is 0.314 e. The Bertz CT molecular complexity index is 546. The average Bonchev–Trinajstić information content (AvgIpc) is 2.35. The van der Waals surface area contributed by atoms with Crippen LogP contribution >= 0.6 is 0 Å². The summed E-state index contributed by atoms with van der Waals surface area (Å²) >= 11 is 0. The summed E-state index contributed by atoms with van der Waals surface area (Å²) < 4.78 is 51.0. The molecule has 2 atom stereocenters. The maximum atomic E-state index is 13.6. The van der Waals surface area contributed by atoms with Gasteiger partial charge in [0.1, 0.15) is 16.5 Å². The Hall–Kier alpha value is -1.01. The molecule has 0 aliphatic rings. The lowest BCUT2D eigenvalue weighted by atomic mass is 10.2. The summed E-state index contributed by atoms with van der Waals surface area (Å²) in [7, 11) is -3.79. The maximum Gasteiger partial charge on any atom is 0.183 e. The van der Waals surface area contributed by atoms with Crippen LogP contribution in [0, 0.1) is 11.6 Å². The molecular weight excluding hydrogens is 284 g/mol. The average molecular weight is 305 g/mol. The first kappa shape index (κ1) is 17.0. The molecule has 1 aromatic carbocycles. The lowest BCUT2D eigenvalue weighted by Gasteiger charge is -2.19. The van der Waals surface area contributed by atoms with Crippen LogP contribution in [-0.4, -0.2) is 26.3 Å². The summed E-state index contributed by atoms with van der Waals surface area (Å²) in [6.07, 6.45) is 1.33. The predicted molar refractivity (Wildman–Crippen MR) is 75.4 cm³/mol. The fourth-order valence-electron chi connectivity index (χ4n) is 2.02. The molecular formula is C14H21F2NO2S. The van der Waals surface area contributed by atoms with Crippen LogP contribution in [-0.2, 0) is 9.84 Å². The zero-order chi connectivity index (χ0) is 15.3. The first-order valence-electron chi connectivity index (χ1n) is 6.71. The molecule has 2 unspecified atom stereocenters. The number of sulfone groups is 1. The fourth-order valence-corrected chi connectivity index (χ4v) is 3.59. The van der Waals surface area contributed by atoms with Gasteiger partial charge in [0.15, 0.2) is 9.84 Å². The molecule has 6 heteroatoms. The van der Waals surface area contributed by atoms with Crippen LogP contribution in [0.25, 0.3) is 0 Å². The Morgan fingerprint density at radius 2 is 1.90 bits per heavy atom. The van der Waals surface area contributed by atoms with Crippen molar-refractivity contribution in [2.24, 2.45) is 0 Å². The lowest BCUT2D eigenvalue weighted by Crippen LogP contribution is -2.32. The van der Waals surface area contributed by atoms with Crippen molar-refractivity contribution in [2.45, 2.75) is 49.8 Å². The summed E-state index contributed by atoms with van der Waals surface area (Å²) in [6, 6.07) is 2.56. The van der Waals surface area contributed by atoms with E-state index < -0.39 is 31.6 Å². The molecule has 114 valence electrons. The molecule has 1 rings (SSSR count). The van der Waals surface area contributed by atoms with E-state index in [1.165, 1.54) is 0 Å². The molecule has 20 heavy (non-hydrogen) atoms. The molecule has 0 fully saturated rings. The number of halogens is 2. The van der Waals surface area contributed by atoms with E-state index in [1.807, 2.05) is 13.8 Å². The number of benzene rings is 1. The molecule has 0 saturated heterocycles. The highest BCUT2D eigenvalue weighted by Gasteiger charge is 2.27. The molecule has 1 N–H and O–H groups in total. The molecule has 0 radical (unpaired) electrons. The Balaban J connectivity index is 2.87. The summed E-state index contributed by atoms with van der Waals surface area (Å²) in [6.45, 7) is 6.26. The first-order chi connectivity index (χ1) is 9.28. The molecule has 0 aromatic heterocycles. The van der Waals surface area contributed by atoms with Gasteiger partial charge in [0.05, 0.1) is 5.25 Å². The third-order valence-electron chi connectivity index (χ3n) is 3.16. The predicted octanol–water partition coefficient (Wildman–Crippen LogP) is 2.91. The van der Waals surface area contributed by atoms with E-state index in [2.05, 4.69) is 5.32 Å². The zero-order valence-corrected chi connectivity index (χ0v) is 12.8. The van der Waals surface area contributed by atoms with Crippen molar-refractivity contribution in [1.29, 1.82) is 0 Å². The van der Waals surface area contributed by atoms with Crippen LogP contribution in [0.3, 0.4) is 0 Å². The molecule has 1 aromatic rings. The number of hydrogen-bond acceptors (Lipinski definition) is 3. The molecule has 0 saturated carbocycles. The van der Waals surface area contributed by atoms with Gasteiger partial charge in [0.25, 0.3) is 0 Å². The van der Waals surface area contributed by atoms with E-state index in [-0.39, 0.29) is 6.04 Å². The van der Waals surface area contributed by atoms with Crippen molar-refractivity contribution in [3.8, 4) is 0 Å². The number of nitrogens with one attached hydrogen (secondary N) is 1. The van der Waals surface area contributed by atoms with Gasteiger partial charge in [-0.2, -0.15) is 0 Å². The molecule has 0 spiro atoms. The van der Waals surface area contributed by atoms with E-state index in [0.717, 1.165) is 25.1 Å². The van der Waals surface area contributed by atoms with Crippen LogP contribution in [0.1, 0.15) is 33.6 Å². The second kappa shape index (κ2) is 7.13. The van der Waals surface area contributed by atoms with Gasteiger partial charge in [0, 0.05) is 12.1 Å². The van der Waals surface area contributed by atoms with Gasteiger partial charge in [-0.1, -0.05) is 6.92 Å². The Labute approximate surface area is 119 Å². The summed E-state index contributed by atoms with van der Waals surface area (Å²) in [5, 5.41) is 2.46. The highest BCUT2D eigenvalue weighted by Crippen LogP contribution is 2.22. The van der Waals surface area contributed by atoms with Crippen molar-refractivity contribution in [3.05, 3.63) is 29.8 Å². The Morgan fingerprint density at radius 1 is 1.25 bits per heavy atom. The second-order valence-corrected chi connectivity index (χ2v) is 7.36. The van der Waals surface area contributed by atoms with Gasteiger partial charge in [-0.15, -0.1) is 0 Å². The monoisotopic (exact) mass is 305 g/mol. The summed E-state index contributed by atoms with van der Waals surface area (Å²) in [4.78, 5) is -0.436. The van der Waals surface area contributed by atoms with Crippen LogP contribution in [0.5, 0.6) is 0 Å². The smallest absolute Gasteiger partial charge is 0.183 e. The van der Waals surface area contributed by atoms with Crippen LogP contribution in [0.2, 0.25) is 0 Å². The lowest BCUT2D eigenvalue weighted by molar-refractivity contribution is 0.493. The molecule has 0 amide bonds. The molecule has 0 aliphatic heterocycles. The highest BCUT2D eigenvalue weighted by atomic mass is 32.2. The van der Waals surface area contributed by atoms with Crippen molar-refractivity contribution < 1.29 is 17.2 Å². The normalized spacial score (nSPS) is 15.1. The van der Waals surface area contributed by atoms with E-state index in [0.29, 0.717) is 12.5 Å². The van der Waals surface area contributed by atoms with Gasteiger partial charge in [-0.05, 0) is 45.4 Å². The minimum absolute atomic E-state index is 0.0169. The number of rotatable bonds is 7. The van der Waals surface area contributed by atoms with E-state index in [4.69, 9.17) is 0 Å². The molecule has 3 nitrogen and oxygen atoms in total. The van der Waals surface area contributed by atoms with Gasteiger partial charge >= 0.3 is 0 Å². The second-order valence-electron chi connectivity index (χ2n) is 5.02. The first-order valence-corrected chi connectivity index (χ1v) is 8.26. The Kier molecular flexibility index (Phi) is 6.07. The standard InChI is InChI=1S/C14H21F2NO2S/c1-4-7-17-10(2)8-11(3)20(18,19)14-6-5-12(15)9-13(14)16/h5-6,9-11,17H,4,7-8H2,1-3H3. The van der Waals surface area contributed by atoms with Crippen molar-refractivity contribution in [1.82, 2.24) is 5.32 Å². The van der Waals surface area contributed by atoms with Crippen molar-refractivity contribution >= 4 is 9.84 Å². The van der Waals surface area contributed by atoms with E-state index >= 15 is 0 Å². The van der Waals surface area contributed by atoms with Crippen LogP contribution in [0.4, 0.5) is 8.78 Å². The topological polar surface area (TPSA) is 46.2 Å². The zero-order valence-electron chi connectivity index (χ0n) is 12.0. The van der Waals surface area contributed by atoms with Gasteiger partial charge in [-0.3, -0.25) is 0 Å². The summed E-state index contributed by atoms with van der Waals surface area (Å²) in [5.74, 6) is -1.82. The van der Waals surface area contributed by atoms with E-state index in [1.54, 1.807) is 6.92 Å². The minimum atomic E-state index is -3.79. The summed E-state index contributed by atoms with van der Waals surface area (Å²) in [5.41, 5.74) is 0. The van der Waals surface area contributed by atoms with Crippen molar-refractivity contribution in [3.63, 3.8) is 0 Å².